The summed E-state index contributed by atoms with van der Waals surface area (Å²) in [5.41, 5.74) is 1.87. The van der Waals surface area contributed by atoms with Gasteiger partial charge in [-0.1, -0.05) is 42.5 Å². The number of fused-ring (bicyclic) bond motifs is 1. The van der Waals surface area contributed by atoms with E-state index in [0.717, 1.165) is 5.56 Å². The number of sulfonamides is 1. The summed E-state index contributed by atoms with van der Waals surface area (Å²) in [5.74, 6) is 0.644. The summed E-state index contributed by atoms with van der Waals surface area (Å²) in [6.45, 7) is 2.39. The number of anilines is 2. The fraction of sp³-hybridized carbons (Fsp3) is 0.188. The molecule has 0 saturated heterocycles. The maximum atomic E-state index is 13.3. The lowest BCUT2D eigenvalue weighted by atomic mass is 10.1. The van der Waals surface area contributed by atoms with Gasteiger partial charge in [-0.2, -0.15) is 0 Å². The molecule has 1 aliphatic heterocycles. The summed E-state index contributed by atoms with van der Waals surface area (Å²) in [6.07, 6.45) is -0.907. The number of ether oxygens (including phenoxy) is 3. The van der Waals surface area contributed by atoms with Gasteiger partial charge in [0.15, 0.2) is 12.7 Å². The Bertz CT molecular complexity index is 1660. The highest BCUT2D eigenvalue weighted by atomic mass is 32.2. The second-order valence-corrected chi connectivity index (χ2v) is 11.3. The van der Waals surface area contributed by atoms with Crippen molar-refractivity contribution < 1.29 is 32.2 Å². The molecule has 0 bridgehead atoms. The highest BCUT2D eigenvalue weighted by Gasteiger charge is 2.33. The fourth-order valence-electron chi connectivity index (χ4n) is 4.44. The van der Waals surface area contributed by atoms with Gasteiger partial charge in [0.2, 0.25) is 0 Å². The third-order valence-electron chi connectivity index (χ3n) is 6.59. The molecule has 10 nitrogen and oxygen atoms in total. The molecule has 4 aromatic carbocycles. The molecule has 4 aromatic rings. The zero-order valence-electron chi connectivity index (χ0n) is 23.4. The van der Waals surface area contributed by atoms with Crippen LogP contribution >= 0.6 is 0 Å². The van der Waals surface area contributed by atoms with E-state index >= 15 is 0 Å². The van der Waals surface area contributed by atoms with E-state index in [0.29, 0.717) is 41.8 Å². The minimum atomic E-state index is -3.85. The first-order valence-corrected chi connectivity index (χ1v) is 15.2. The molecule has 1 atom stereocenters. The minimum Gasteiger partial charge on any atom is -0.494 e. The van der Waals surface area contributed by atoms with Gasteiger partial charge in [0, 0.05) is 12.2 Å². The van der Waals surface area contributed by atoms with Crippen LogP contribution in [-0.2, 0) is 26.2 Å². The van der Waals surface area contributed by atoms with E-state index in [9.17, 15) is 18.0 Å². The minimum absolute atomic E-state index is 0.00816. The Morgan fingerprint density at radius 3 is 2.23 bits per heavy atom. The van der Waals surface area contributed by atoms with Crippen LogP contribution in [0.2, 0.25) is 0 Å². The maximum Gasteiger partial charge on any atom is 0.265 e. The van der Waals surface area contributed by atoms with E-state index in [1.807, 2.05) is 37.3 Å². The van der Waals surface area contributed by atoms with E-state index in [-0.39, 0.29) is 29.9 Å². The molecule has 2 amide bonds. The van der Waals surface area contributed by atoms with Crippen molar-refractivity contribution in [2.75, 3.05) is 29.4 Å². The number of nitrogens with one attached hydrogen (secondary N) is 2. The summed E-state index contributed by atoms with van der Waals surface area (Å²) >= 11 is 0. The lowest BCUT2D eigenvalue weighted by Crippen LogP contribution is -2.51. The summed E-state index contributed by atoms with van der Waals surface area (Å²) in [5, 5.41) is 2.86. The van der Waals surface area contributed by atoms with Gasteiger partial charge in [-0.15, -0.1) is 0 Å². The molecule has 0 radical (unpaired) electrons. The van der Waals surface area contributed by atoms with Crippen LogP contribution in [0.3, 0.4) is 0 Å². The summed E-state index contributed by atoms with van der Waals surface area (Å²) < 4.78 is 45.2. The van der Waals surface area contributed by atoms with Crippen molar-refractivity contribution in [2.45, 2.75) is 24.5 Å². The van der Waals surface area contributed by atoms with E-state index in [4.69, 9.17) is 14.2 Å². The Morgan fingerprint density at radius 2 is 1.51 bits per heavy atom. The Morgan fingerprint density at radius 1 is 0.860 bits per heavy atom. The van der Waals surface area contributed by atoms with Gasteiger partial charge in [-0.05, 0) is 73.2 Å². The van der Waals surface area contributed by atoms with Gasteiger partial charge in [0.05, 0.1) is 23.7 Å². The summed E-state index contributed by atoms with van der Waals surface area (Å²) in [7, 11) is -3.85. The number of nitrogens with zero attached hydrogens (tertiary/aromatic N) is 1. The highest BCUT2D eigenvalue weighted by molar-refractivity contribution is 7.92. The first-order valence-electron chi connectivity index (χ1n) is 13.7. The monoisotopic (exact) mass is 601 g/mol. The quantitative estimate of drug-likeness (QED) is 0.262. The molecule has 0 aromatic heterocycles. The van der Waals surface area contributed by atoms with E-state index in [1.165, 1.54) is 29.2 Å². The smallest absolute Gasteiger partial charge is 0.265 e. The molecule has 5 rings (SSSR count). The predicted molar refractivity (Wildman–Crippen MR) is 162 cm³/mol. The zero-order valence-corrected chi connectivity index (χ0v) is 24.3. The van der Waals surface area contributed by atoms with Gasteiger partial charge in [-0.3, -0.25) is 14.3 Å². The second kappa shape index (κ2) is 13.3. The van der Waals surface area contributed by atoms with Crippen molar-refractivity contribution in [1.29, 1.82) is 0 Å². The zero-order chi connectivity index (χ0) is 30.2. The number of carbonyl (C=O) groups excluding carboxylic acids is 2. The molecule has 1 aliphatic rings. The molecule has 0 spiro atoms. The Hall–Kier alpha value is -5.03. The number of rotatable bonds is 11. The van der Waals surface area contributed by atoms with Gasteiger partial charge >= 0.3 is 0 Å². The van der Waals surface area contributed by atoms with Crippen molar-refractivity contribution in [3.8, 4) is 17.2 Å². The molecule has 222 valence electrons. The standard InChI is InChI=1S/C32H31N3O7S/c1-2-40-25-14-12-24(13-15-25)34-43(38,39)27-18-16-26(17-19-27)41-22-31(36)35-21-30(42-29-11-7-6-10-28(29)35)32(37)33-20-23-8-4-3-5-9-23/h3-19,30,34H,2,20-22H2,1H3,(H,33,37)/t30-/m1/s1. The van der Waals surface area contributed by atoms with Gasteiger partial charge < -0.3 is 24.4 Å². The van der Waals surface area contributed by atoms with Gasteiger partial charge in [0.1, 0.15) is 17.2 Å². The summed E-state index contributed by atoms with van der Waals surface area (Å²) in [4.78, 5) is 27.7. The van der Waals surface area contributed by atoms with Crippen molar-refractivity contribution in [1.82, 2.24) is 5.32 Å². The molecule has 1 heterocycles. The van der Waals surface area contributed by atoms with Crippen LogP contribution in [0.4, 0.5) is 11.4 Å². The average molecular weight is 602 g/mol. The topological polar surface area (TPSA) is 123 Å². The molecular formula is C32H31N3O7S. The Labute approximate surface area is 250 Å². The van der Waals surface area contributed by atoms with Crippen molar-refractivity contribution in [3.05, 3.63) is 109 Å². The van der Waals surface area contributed by atoms with Crippen LogP contribution < -0.4 is 29.1 Å². The van der Waals surface area contributed by atoms with E-state index < -0.39 is 16.1 Å². The van der Waals surface area contributed by atoms with Crippen molar-refractivity contribution >= 4 is 33.2 Å². The molecule has 0 saturated carbocycles. The van der Waals surface area contributed by atoms with Crippen molar-refractivity contribution in [2.24, 2.45) is 0 Å². The van der Waals surface area contributed by atoms with E-state index in [2.05, 4.69) is 10.0 Å². The lowest BCUT2D eigenvalue weighted by Gasteiger charge is -2.34. The number of carbonyl (C=O) groups is 2. The molecule has 43 heavy (non-hydrogen) atoms. The third kappa shape index (κ3) is 7.44. The molecule has 0 unspecified atom stereocenters. The molecule has 0 fully saturated rings. The van der Waals surface area contributed by atoms with Crippen LogP contribution in [-0.4, -0.2) is 46.1 Å². The van der Waals surface area contributed by atoms with Crippen LogP contribution in [0, 0.1) is 0 Å². The summed E-state index contributed by atoms with van der Waals surface area (Å²) in [6, 6.07) is 28.8. The maximum absolute atomic E-state index is 13.3. The van der Waals surface area contributed by atoms with Gasteiger partial charge in [0.25, 0.3) is 21.8 Å². The first-order chi connectivity index (χ1) is 20.8. The average Bonchev–Trinajstić information content (AvgIpc) is 3.03. The number of hydrogen-bond acceptors (Lipinski definition) is 7. The first kappa shape index (κ1) is 29.5. The third-order valence-corrected chi connectivity index (χ3v) is 7.99. The number of para-hydroxylation sites is 2. The molecule has 0 aliphatic carbocycles. The molecule has 11 heteroatoms. The number of hydrogen-bond donors (Lipinski definition) is 2. The molecule has 2 N–H and O–H groups in total. The predicted octanol–water partition coefficient (Wildman–Crippen LogP) is 4.38. The Balaban J connectivity index is 1.20. The fourth-order valence-corrected chi connectivity index (χ4v) is 5.50. The van der Waals surface area contributed by atoms with Crippen LogP contribution in [0.15, 0.2) is 108 Å². The largest absolute Gasteiger partial charge is 0.494 e. The van der Waals surface area contributed by atoms with Gasteiger partial charge in [-0.25, -0.2) is 8.42 Å². The van der Waals surface area contributed by atoms with E-state index in [1.54, 1.807) is 48.5 Å². The Kier molecular flexibility index (Phi) is 9.11. The highest BCUT2D eigenvalue weighted by Crippen LogP contribution is 2.33. The number of benzene rings is 4. The lowest BCUT2D eigenvalue weighted by molar-refractivity contribution is -0.128. The number of amides is 2. The normalized spacial score (nSPS) is 14.2. The SMILES string of the molecule is CCOc1ccc(NS(=O)(=O)c2ccc(OCC(=O)N3C[C@H](C(=O)NCc4ccccc4)Oc4ccccc43)cc2)cc1. The van der Waals surface area contributed by atoms with Crippen LogP contribution in [0.5, 0.6) is 17.2 Å². The second-order valence-electron chi connectivity index (χ2n) is 9.60. The van der Waals surface area contributed by atoms with Crippen LogP contribution in [0.25, 0.3) is 0 Å². The van der Waals surface area contributed by atoms with Crippen LogP contribution in [0.1, 0.15) is 12.5 Å². The molecular weight excluding hydrogens is 570 g/mol. The van der Waals surface area contributed by atoms with Crippen molar-refractivity contribution in [3.63, 3.8) is 0 Å².